The van der Waals surface area contributed by atoms with E-state index in [2.05, 4.69) is 142 Å². The Labute approximate surface area is 448 Å². The van der Waals surface area contributed by atoms with Crippen LogP contribution in [0, 0.1) is 23.7 Å². The van der Waals surface area contributed by atoms with Gasteiger partial charge < -0.3 is 37.0 Å². The molecule has 8 aliphatic rings. The highest BCUT2D eigenvalue weighted by Crippen LogP contribution is 2.49. The summed E-state index contributed by atoms with van der Waals surface area (Å²) in [5.41, 5.74) is 2.22. The third kappa shape index (κ3) is 14.8. The minimum atomic E-state index is -2.54. The van der Waals surface area contributed by atoms with E-state index in [1.807, 2.05) is 6.08 Å². The molecule has 0 radical (unpaired) electrons. The Morgan fingerprint density at radius 1 is 0.644 bits per heavy atom. The van der Waals surface area contributed by atoms with Crippen molar-refractivity contribution < 1.29 is 46.6 Å². The molecule has 8 aliphatic heterocycles. The normalized spacial score (nSPS) is 38.2. The molecule has 0 aliphatic carbocycles. The van der Waals surface area contributed by atoms with E-state index >= 15 is 0 Å². The molecule has 10 nitrogen and oxygen atoms in total. The lowest BCUT2D eigenvalue weighted by Crippen LogP contribution is -2.69. The van der Waals surface area contributed by atoms with E-state index in [0.29, 0.717) is 56.8 Å². The van der Waals surface area contributed by atoms with E-state index in [1.165, 1.54) is 0 Å². The summed E-state index contributed by atoms with van der Waals surface area (Å²) in [5.74, 6) is 1.36. The van der Waals surface area contributed by atoms with Crippen molar-refractivity contribution in [2.75, 3.05) is 0 Å². The van der Waals surface area contributed by atoms with Crippen LogP contribution in [0.4, 0.5) is 0 Å². The van der Waals surface area contributed by atoms with Crippen molar-refractivity contribution in [3.63, 3.8) is 0 Å². The van der Waals surface area contributed by atoms with Crippen LogP contribution >= 0.6 is 0 Å². The minimum Gasteiger partial charge on any atom is -0.408 e. The Hall–Kier alpha value is -1.11. The van der Waals surface area contributed by atoms with E-state index in [-0.39, 0.29) is 87.3 Å². The maximum atomic E-state index is 14.8. The third-order valence-corrected chi connectivity index (χ3v) is 33.3. The largest absolute Gasteiger partial charge is 0.408 e. The van der Waals surface area contributed by atoms with Crippen LogP contribution in [0.5, 0.6) is 0 Å². The molecule has 73 heavy (non-hydrogen) atoms. The number of Topliss-reactive ketones (excluding diaryl/α,β-unsaturated/α-hetero) is 1. The van der Waals surface area contributed by atoms with E-state index in [9.17, 15) is 9.59 Å². The Balaban J connectivity index is 1.42. The molecule has 0 aromatic carbocycles. The number of carbonyl (C=O) groups is 2. The molecular weight excluding hydrogens is 965 g/mol. The van der Waals surface area contributed by atoms with Crippen molar-refractivity contribution in [3.05, 3.63) is 36.5 Å². The molecule has 8 heterocycles. The predicted octanol–water partition coefficient (Wildman–Crippen LogP) is 14.4. The molecule has 13 heteroatoms. The van der Waals surface area contributed by atoms with Gasteiger partial charge in [0.1, 0.15) is 30.2 Å². The molecule has 0 spiro atoms. The van der Waals surface area contributed by atoms with Gasteiger partial charge in [0, 0.05) is 25.7 Å². The lowest BCUT2D eigenvalue weighted by Gasteiger charge is -2.56. The molecule has 5 saturated heterocycles. The molecule has 418 valence electrons. The van der Waals surface area contributed by atoms with E-state index < -0.39 is 55.5 Å². The van der Waals surface area contributed by atoms with Crippen molar-refractivity contribution in [2.45, 2.75) is 307 Å². The van der Waals surface area contributed by atoms with Crippen LogP contribution in [0.25, 0.3) is 0 Å². The average molecular weight is 1070 g/mol. The molecule has 0 amide bonds. The number of fused-ring (bicyclic) bond motifs is 2. The highest BCUT2D eigenvalue weighted by atomic mass is 28.4. The molecular formula is C60H106O10Si3. The number of hydrogen-bond acceptors (Lipinski definition) is 10. The van der Waals surface area contributed by atoms with Gasteiger partial charge in [-0.2, -0.15) is 0 Å². The second-order valence-corrected chi connectivity index (χ2v) is 42.9. The molecule has 0 N–H and O–H groups in total. The number of allylic oxidation sites excluding steroid dienone is 1. The van der Waals surface area contributed by atoms with Gasteiger partial charge in [0.25, 0.3) is 0 Å². The summed E-state index contributed by atoms with van der Waals surface area (Å²) < 4.78 is 58.3. The van der Waals surface area contributed by atoms with Gasteiger partial charge in [0.05, 0.1) is 54.9 Å². The molecule has 2 unspecified atom stereocenters. The fourth-order valence-electron chi connectivity index (χ4n) is 11.5. The predicted molar refractivity (Wildman–Crippen MR) is 304 cm³/mol. The number of carbonyl (C=O) groups excluding carboxylic acids is 2. The van der Waals surface area contributed by atoms with Gasteiger partial charge in [-0.3, -0.25) is 9.59 Å². The van der Waals surface area contributed by atoms with Crippen LogP contribution in [-0.2, 0) is 46.6 Å². The second-order valence-electron chi connectivity index (χ2n) is 28.6. The number of hydrogen-bond donors (Lipinski definition) is 0. The standard InChI is InChI=1S/C60H106O10Si3/c1-22-37(2)31-51-41(6)47-35-43(62)34-46-27-30-49-54(65-46)56(69-72(18,19)59(10,11)12)57(70-73(20,21)60(13,14)15)55(67-49)50(68-71(16,17)58(7,8)9)28-24-42(61)23-25-44-33-39(4)48(63-44)29-26-45-32-38(3)40(5)52(64-45)36-53(47)66-51/h24,28,37-38,41,44-57H,4-5,22-23,25-27,29-36H2,1-3,6-21H3/b28-24+/t37-,38-,41-,44+,45+,46-,47?,48?,49+,50+,51-,52-,53+,54+,55+,56+,57-/m1/s1. The Morgan fingerprint density at radius 3 is 1.81 bits per heavy atom. The van der Waals surface area contributed by atoms with E-state index in [0.717, 1.165) is 49.7 Å². The number of rotatable bonds is 9. The maximum absolute atomic E-state index is 14.8. The highest BCUT2D eigenvalue weighted by molar-refractivity contribution is 6.75. The van der Waals surface area contributed by atoms with Crippen molar-refractivity contribution in [1.29, 1.82) is 0 Å². The maximum Gasteiger partial charge on any atom is 0.193 e. The van der Waals surface area contributed by atoms with Gasteiger partial charge in [0.2, 0.25) is 0 Å². The molecule has 5 fully saturated rings. The molecule has 8 bridgehead atoms. The minimum absolute atomic E-state index is 0.0333. The molecule has 8 rings (SSSR count). The highest BCUT2D eigenvalue weighted by Gasteiger charge is 2.58. The van der Waals surface area contributed by atoms with Crippen LogP contribution in [0.2, 0.25) is 54.4 Å². The summed E-state index contributed by atoms with van der Waals surface area (Å²) >= 11 is 0. The number of ether oxygens (including phenoxy) is 5. The Morgan fingerprint density at radius 2 is 1.21 bits per heavy atom. The Kier molecular flexibility index (Phi) is 19.8. The van der Waals surface area contributed by atoms with E-state index in [1.54, 1.807) is 6.08 Å². The van der Waals surface area contributed by atoms with E-state index in [4.69, 9.17) is 37.0 Å². The first-order valence-corrected chi connectivity index (χ1v) is 37.7. The SMILES string of the molecule is C=C1C[C@@H]2CCC(=O)/C=C/[C@H](O[Si](C)(C)C(C)(C)C)[C@@H]3O[C@H]4CC[C@H](CC(=O)CC5[C@H](C[C@H]6O[C@@H](CCC1O2)C[C@@H](C)C6=C)O[C@H](C[C@H](C)CC)[C@@H]5C)O[C@@H]4[C@H](O[Si](C)(C)C(C)(C)C)[C@@H]3O[Si](C)(C)C(C)(C)C. The molecule has 0 aromatic rings. The van der Waals surface area contributed by atoms with Crippen molar-refractivity contribution in [3.8, 4) is 0 Å². The molecule has 17 atom stereocenters. The third-order valence-electron chi connectivity index (χ3n) is 19.9. The molecule has 0 saturated carbocycles. The van der Waals surface area contributed by atoms with Gasteiger partial charge in [-0.25, -0.2) is 0 Å². The summed E-state index contributed by atoms with van der Waals surface area (Å²) in [5, 5.41) is -0.363. The van der Waals surface area contributed by atoms with Gasteiger partial charge in [-0.1, -0.05) is 116 Å². The first-order chi connectivity index (χ1) is 33.6. The van der Waals surface area contributed by atoms with Gasteiger partial charge in [-0.15, -0.1) is 0 Å². The van der Waals surface area contributed by atoms with Crippen molar-refractivity contribution >= 4 is 36.5 Å². The fraction of sp³-hybridized carbons (Fsp3) is 0.867. The monoisotopic (exact) mass is 1070 g/mol. The summed E-state index contributed by atoms with van der Waals surface area (Å²) in [6.07, 6.45) is 9.33. The summed E-state index contributed by atoms with van der Waals surface area (Å²) in [4.78, 5) is 28.9. The van der Waals surface area contributed by atoms with Gasteiger partial charge >= 0.3 is 0 Å². The van der Waals surface area contributed by atoms with Crippen LogP contribution in [0.15, 0.2) is 36.5 Å². The van der Waals surface area contributed by atoms with Gasteiger partial charge in [-0.05, 0) is 147 Å². The van der Waals surface area contributed by atoms with Crippen molar-refractivity contribution in [2.24, 2.45) is 23.7 Å². The van der Waals surface area contributed by atoms with Crippen molar-refractivity contribution in [1.82, 2.24) is 0 Å². The summed E-state index contributed by atoms with van der Waals surface area (Å²) in [6.45, 7) is 52.4. The zero-order valence-electron chi connectivity index (χ0n) is 49.7. The smallest absolute Gasteiger partial charge is 0.193 e. The Bertz CT molecular complexity index is 1940. The van der Waals surface area contributed by atoms with Crippen LogP contribution < -0.4 is 0 Å². The van der Waals surface area contributed by atoms with Crippen LogP contribution in [-0.4, -0.2) is 116 Å². The van der Waals surface area contributed by atoms with Crippen LogP contribution in [0.1, 0.15) is 173 Å². The number of ketones is 2. The topological polar surface area (TPSA) is 108 Å². The fourth-order valence-corrected chi connectivity index (χ4v) is 15.3. The summed E-state index contributed by atoms with van der Waals surface area (Å²) in [7, 11) is -7.52. The zero-order valence-corrected chi connectivity index (χ0v) is 52.7. The van der Waals surface area contributed by atoms with Crippen LogP contribution in [0.3, 0.4) is 0 Å². The zero-order chi connectivity index (χ0) is 54.4. The summed E-state index contributed by atoms with van der Waals surface area (Å²) in [6, 6.07) is 0. The average Bonchev–Trinajstić information content (AvgIpc) is 3.77. The van der Waals surface area contributed by atoms with Gasteiger partial charge in [0.15, 0.2) is 30.7 Å². The first-order valence-electron chi connectivity index (χ1n) is 29.0. The lowest BCUT2D eigenvalue weighted by molar-refractivity contribution is -0.266. The second kappa shape index (κ2) is 23.7. The first kappa shape index (κ1) is 61.1. The molecule has 0 aromatic heterocycles. The quantitative estimate of drug-likeness (QED) is 0.164. The lowest BCUT2D eigenvalue weighted by atomic mass is 9.78.